The topological polar surface area (TPSA) is 115 Å². The molecule has 0 bridgehead atoms. The smallest absolute Gasteiger partial charge is 0.291 e. The standard InChI is InChI=1S/H4N2.HNO3.Ni/c1-2;2-1(3)4;/h1-2H2;(H,2,3,4);. The average molecular weight is 154 g/mol. The van der Waals surface area contributed by atoms with Crippen LogP contribution < -0.4 is 11.7 Å². The van der Waals surface area contributed by atoms with E-state index >= 15 is 0 Å². The first-order valence-corrected chi connectivity index (χ1v) is 0.898. The molecule has 0 aromatic heterocycles. The van der Waals surface area contributed by atoms with Crippen LogP contribution in [0.25, 0.3) is 0 Å². The van der Waals surface area contributed by atoms with Crippen molar-refractivity contribution in [3.05, 3.63) is 10.1 Å². The van der Waals surface area contributed by atoms with Gasteiger partial charge in [-0.3, -0.25) is 11.7 Å². The van der Waals surface area contributed by atoms with Gasteiger partial charge in [0.1, 0.15) is 0 Å². The first kappa shape index (κ1) is 16.0. The fourth-order valence-electron chi connectivity index (χ4n) is 0. The fraction of sp³-hybridized carbons (Fsp3) is 0. The second-order valence-corrected chi connectivity index (χ2v) is 0.238. The zero-order chi connectivity index (χ0) is 5.58. The van der Waals surface area contributed by atoms with Crippen molar-refractivity contribution in [3.8, 4) is 0 Å². The predicted octanol–water partition coefficient (Wildman–Crippen LogP) is -1.53. The number of rotatable bonds is 0. The van der Waals surface area contributed by atoms with Crippen LogP contribution in [0.15, 0.2) is 0 Å². The largest absolute Gasteiger partial charge is 0.328 e. The van der Waals surface area contributed by atoms with Crippen molar-refractivity contribution in [2.24, 2.45) is 11.7 Å². The zero-order valence-electron chi connectivity index (χ0n) is 3.18. The molecular weight excluding hydrogens is 149 g/mol. The van der Waals surface area contributed by atoms with Crippen LogP contribution in [-0.2, 0) is 16.5 Å². The van der Waals surface area contributed by atoms with Gasteiger partial charge in [0.25, 0.3) is 5.09 Å². The van der Waals surface area contributed by atoms with Gasteiger partial charge in [-0.25, -0.2) is 0 Å². The van der Waals surface area contributed by atoms with E-state index in [-0.39, 0.29) is 16.5 Å². The van der Waals surface area contributed by atoms with Crippen LogP contribution in [0.4, 0.5) is 0 Å². The summed E-state index contributed by atoms with van der Waals surface area (Å²) in [5, 5.41) is 13.6. The van der Waals surface area contributed by atoms with Crippen molar-refractivity contribution in [3.63, 3.8) is 0 Å². The average Bonchev–Trinajstić information content (AvgIpc) is 1.41. The first-order valence-electron chi connectivity index (χ1n) is 0.898. The molecule has 0 radical (unpaired) electrons. The van der Waals surface area contributed by atoms with Crippen LogP contribution in [0.5, 0.6) is 0 Å². The quantitative estimate of drug-likeness (QED) is 0.169. The molecule has 0 heterocycles. The Hall–Kier alpha value is -0.386. The van der Waals surface area contributed by atoms with Crippen molar-refractivity contribution in [2.75, 3.05) is 0 Å². The Morgan fingerprint density at radius 1 is 1.57 bits per heavy atom. The summed E-state index contributed by atoms with van der Waals surface area (Å²) in [7, 11) is 0. The summed E-state index contributed by atoms with van der Waals surface area (Å²) in [6.07, 6.45) is 0. The summed E-state index contributed by atoms with van der Waals surface area (Å²) in [5.41, 5.74) is 0. The summed E-state index contributed by atoms with van der Waals surface area (Å²) in [5.74, 6) is 8.00. The maximum Gasteiger partial charge on any atom is 0.291 e. The van der Waals surface area contributed by atoms with Crippen LogP contribution in [0, 0.1) is 10.1 Å². The molecule has 0 fully saturated rings. The third-order valence-electron chi connectivity index (χ3n) is 0. The third kappa shape index (κ3) is 491. The molecule has 0 spiro atoms. The molecule has 0 saturated carbocycles. The molecule has 0 atom stereocenters. The van der Waals surface area contributed by atoms with Crippen molar-refractivity contribution in [1.82, 2.24) is 0 Å². The Kier molecular flexibility index (Phi) is 39.9. The first-order chi connectivity index (χ1) is 2.73. The minimum atomic E-state index is -1.50. The van der Waals surface area contributed by atoms with Gasteiger partial charge in [-0.05, 0) is 0 Å². The van der Waals surface area contributed by atoms with Gasteiger partial charge in [0, 0.05) is 16.5 Å². The molecule has 5 N–H and O–H groups in total. The van der Waals surface area contributed by atoms with Gasteiger partial charge in [0.15, 0.2) is 0 Å². The molecule has 0 rings (SSSR count). The van der Waals surface area contributed by atoms with Gasteiger partial charge in [-0.15, -0.1) is 10.1 Å². The monoisotopic (exact) mass is 153 g/mol. The Labute approximate surface area is 49.5 Å². The van der Waals surface area contributed by atoms with E-state index in [1.165, 1.54) is 0 Å². The van der Waals surface area contributed by atoms with Gasteiger partial charge in [-0.2, -0.15) is 0 Å². The normalized spacial score (nSPS) is 4.29. The minimum Gasteiger partial charge on any atom is -0.328 e. The number of hydrogen-bond donors (Lipinski definition) is 3. The van der Waals surface area contributed by atoms with E-state index in [0.29, 0.717) is 0 Å². The van der Waals surface area contributed by atoms with Crippen LogP contribution >= 0.6 is 0 Å². The van der Waals surface area contributed by atoms with Gasteiger partial charge in [-0.1, -0.05) is 0 Å². The molecule has 0 aliphatic carbocycles. The zero-order valence-corrected chi connectivity index (χ0v) is 4.17. The summed E-state index contributed by atoms with van der Waals surface area (Å²) in [6.45, 7) is 0. The Morgan fingerprint density at radius 3 is 1.57 bits per heavy atom. The van der Waals surface area contributed by atoms with E-state index in [2.05, 4.69) is 11.7 Å². The fourth-order valence-corrected chi connectivity index (χ4v) is 0. The van der Waals surface area contributed by atoms with E-state index in [9.17, 15) is 0 Å². The Bertz CT molecular complexity index is 33.2. The second kappa shape index (κ2) is 17.5. The maximum absolute atomic E-state index is 8.36. The van der Waals surface area contributed by atoms with Crippen molar-refractivity contribution >= 4 is 0 Å². The second-order valence-electron chi connectivity index (χ2n) is 0.238. The van der Waals surface area contributed by atoms with Crippen LogP contribution in [0.3, 0.4) is 0 Å². The molecule has 0 amide bonds. The number of nitrogens with two attached hydrogens (primary N) is 2. The molecular formula is H5N3NiO3. The van der Waals surface area contributed by atoms with E-state index in [1.54, 1.807) is 0 Å². The van der Waals surface area contributed by atoms with E-state index in [1.807, 2.05) is 0 Å². The molecule has 6 nitrogen and oxygen atoms in total. The van der Waals surface area contributed by atoms with Gasteiger partial charge >= 0.3 is 0 Å². The molecule has 7 heteroatoms. The molecule has 0 aliphatic heterocycles. The molecule has 0 aliphatic rings. The number of nitrogens with zero attached hydrogens (tertiary/aromatic N) is 1. The van der Waals surface area contributed by atoms with Crippen LogP contribution in [0.1, 0.15) is 0 Å². The van der Waals surface area contributed by atoms with E-state index < -0.39 is 5.09 Å². The number of hydrogen-bond acceptors (Lipinski definition) is 4. The predicted molar refractivity (Wildman–Crippen MR) is 17.2 cm³/mol. The molecule has 0 unspecified atom stereocenters. The summed E-state index contributed by atoms with van der Waals surface area (Å²) >= 11 is 0. The van der Waals surface area contributed by atoms with Gasteiger partial charge < -0.3 is 5.21 Å². The van der Waals surface area contributed by atoms with Gasteiger partial charge in [0.05, 0.1) is 0 Å². The summed E-state index contributed by atoms with van der Waals surface area (Å²) in [6, 6.07) is 0. The molecule has 48 valence electrons. The van der Waals surface area contributed by atoms with E-state index in [4.69, 9.17) is 15.3 Å². The SMILES string of the molecule is NN.O=[N+]([O-])O.[Ni]. The van der Waals surface area contributed by atoms with Crippen molar-refractivity contribution in [1.29, 1.82) is 0 Å². The van der Waals surface area contributed by atoms with Crippen molar-refractivity contribution < 1.29 is 26.8 Å². The third-order valence-corrected chi connectivity index (χ3v) is 0. The Morgan fingerprint density at radius 2 is 1.57 bits per heavy atom. The van der Waals surface area contributed by atoms with Crippen molar-refractivity contribution in [2.45, 2.75) is 0 Å². The Balaban J connectivity index is -0.0000000480. The van der Waals surface area contributed by atoms with Crippen LogP contribution in [-0.4, -0.2) is 10.3 Å². The maximum atomic E-state index is 8.36. The molecule has 0 aromatic rings. The van der Waals surface area contributed by atoms with E-state index in [0.717, 1.165) is 0 Å². The molecule has 7 heavy (non-hydrogen) atoms. The van der Waals surface area contributed by atoms with Crippen LogP contribution in [0.2, 0.25) is 0 Å². The summed E-state index contributed by atoms with van der Waals surface area (Å²) < 4.78 is 0. The minimum absolute atomic E-state index is 0. The number of hydrazine groups is 1. The molecule has 0 aromatic carbocycles. The summed E-state index contributed by atoms with van der Waals surface area (Å²) in [4.78, 5) is 8.36. The van der Waals surface area contributed by atoms with Gasteiger partial charge in [0.2, 0.25) is 0 Å². The molecule has 0 saturated heterocycles.